The largest absolute Gasteiger partial charge is 0.511 e. The number of rotatable bonds is 3. The zero-order valence-corrected chi connectivity index (χ0v) is 7.14. The molecule has 2 nitrogen and oxygen atoms in total. The Labute approximate surface area is 68.3 Å². The molecule has 0 unspecified atom stereocenters. The number of hydrogen-bond acceptors (Lipinski definition) is 2. The third kappa shape index (κ3) is 2.54. The lowest BCUT2D eigenvalue weighted by Crippen LogP contribution is -2.23. The zero-order chi connectivity index (χ0) is 8.10. The lowest BCUT2D eigenvalue weighted by molar-refractivity contribution is 0.352. The van der Waals surface area contributed by atoms with Crippen LogP contribution in [0.15, 0.2) is 11.8 Å². The molecule has 0 amide bonds. The highest BCUT2D eigenvalue weighted by Crippen LogP contribution is 2.12. The van der Waals surface area contributed by atoms with E-state index in [2.05, 4.69) is 12.2 Å². The van der Waals surface area contributed by atoms with Crippen LogP contribution < -0.4 is 5.32 Å². The molecule has 0 aliphatic carbocycles. The third-order valence-corrected chi connectivity index (χ3v) is 2.06. The molecule has 0 aromatic rings. The van der Waals surface area contributed by atoms with Gasteiger partial charge in [-0.15, -0.1) is 0 Å². The molecule has 0 aromatic heterocycles. The molecule has 0 aromatic carbocycles. The van der Waals surface area contributed by atoms with Crippen LogP contribution >= 0.6 is 0 Å². The van der Waals surface area contributed by atoms with Gasteiger partial charge in [0.15, 0.2) is 0 Å². The number of nitrogens with one attached hydrogen (secondary N) is 1. The molecule has 0 bridgehead atoms. The Hall–Kier alpha value is -0.500. The maximum Gasteiger partial charge on any atom is 0.105 e. The predicted molar refractivity (Wildman–Crippen MR) is 46.6 cm³/mol. The average molecular weight is 155 g/mol. The first-order chi connectivity index (χ1) is 5.34. The Morgan fingerprint density at radius 3 is 3.09 bits per heavy atom. The molecule has 2 N–H and O–H groups in total. The van der Waals surface area contributed by atoms with Gasteiger partial charge in [0.2, 0.25) is 0 Å². The summed E-state index contributed by atoms with van der Waals surface area (Å²) < 4.78 is 0. The van der Waals surface area contributed by atoms with Gasteiger partial charge in [-0.3, -0.25) is 0 Å². The van der Waals surface area contributed by atoms with Gasteiger partial charge in [0, 0.05) is 0 Å². The van der Waals surface area contributed by atoms with Crippen LogP contribution in [0, 0.1) is 0 Å². The van der Waals surface area contributed by atoms with Crippen LogP contribution in [-0.4, -0.2) is 17.7 Å². The molecular weight excluding hydrogens is 138 g/mol. The van der Waals surface area contributed by atoms with Crippen molar-refractivity contribution in [2.24, 2.45) is 0 Å². The molecular formula is C9H17NO. The average Bonchev–Trinajstić information content (AvgIpc) is 2.52. The fourth-order valence-electron chi connectivity index (χ4n) is 1.37. The quantitative estimate of drug-likeness (QED) is 0.611. The summed E-state index contributed by atoms with van der Waals surface area (Å²) in [5, 5.41) is 12.7. The van der Waals surface area contributed by atoms with Gasteiger partial charge < -0.3 is 10.4 Å². The van der Waals surface area contributed by atoms with E-state index in [0.717, 1.165) is 25.8 Å². The Kier molecular flexibility index (Phi) is 3.43. The lowest BCUT2D eigenvalue weighted by atomic mass is 10.1. The monoisotopic (exact) mass is 155 g/mol. The fraction of sp³-hybridized carbons (Fsp3) is 0.778. The van der Waals surface area contributed by atoms with Crippen molar-refractivity contribution in [1.82, 2.24) is 5.32 Å². The molecule has 1 aliphatic heterocycles. The third-order valence-electron chi connectivity index (χ3n) is 2.06. The summed E-state index contributed by atoms with van der Waals surface area (Å²) in [5.41, 5.74) is 0. The molecule has 1 rings (SSSR count). The molecule has 1 atom stereocenters. The van der Waals surface area contributed by atoms with Crippen LogP contribution in [0.25, 0.3) is 0 Å². The number of hydrogen-bond donors (Lipinski definition) is 2. The summed E-state index contributed by atoms with van der Waals surface area (Å²) in [6.45, 7) is 3.17. The Bertz CT molecular complexity index is 136. The van der Waals surface area contributed by atoms with Crippen molar-refractivity contribution in [3.05, 3.63) is 11.8 Å². The lowest BCUT2D eigenvalue weighted by Gasteiger charge is -2.08. The van der Waals surface area contributed by atoms with E-state index in [1.807, 2.05) is 6.08 Å². The predicted octanol–water partition coefficient (Wildman–Crippen LogP) is 1.98. The minimum absolute atomic E-state index is 0.251. The van der Waals surface area contributed by atoms with E-state index < -0.39 is 0 Å². The molecule has 11 heavy (non-hydrogen) atoms. The van der Waals surface area contributed by atoms with Gasteiger partial charge in [0.25, 0.3) is 0 Å². The second-order valence-corrected chi connectivity index (χ2v) is 3.07. The van der Waals surface area contributed by atoms with Crippen LogP contribution in [0.2, 0.25) is 0 Å². The van der Waals surface area contributed by atoms with E-state index in [1.165, 1.54) is 6.42 Å². The molecule has 0 saturated carbocycles. The summed E-state index contributed by atoms with van der Waals surface area (Å²) in [5.74, 6) is 0.546. The first-order valence-corrected chi connectivity index (χ1v) is 4.47. The van der Waals surface area contributed by atoms with Crippen molar-refractivity contribution < 1.29 is 5.11 Å². The van der Waals surface area contributed by atoms with E-state index in [9.17, 15) is 5.11 Å². The first kappa shape index (κ1) is 8.60. The van der Waals surface area contributed by atoms with Crippen molar-refractivity contribution in [2.75, 3.05) is 6.54 Å². The molecule has 2 heteroatoms. The van der Waals surface area contributed by atoms with Crippen molar-refractivity contribution in [1.29, 1.82) is 0 Å². The molecule has 0 radical (unpaired) electrons. The smallest absolute Gasteiger partial charge is 0.105 e. The molecule has 1 fully saturated rings. The molecule has 1 heterocycles. The van der Waals surface area contributed by atoms with E-state index in [0.29, 0.717) is 5.76 Å². The van der Waals surface area contributed by atoms with Gasteiger partial charge >= 0.3 is 0 Å². The van der Waals surface area contributed by atoms with Gasteiger partial charge in [-0.1, -0.05) is 13.3 Å². The van der Waals surface area contributed by atoms with E-state index in [-0.39, 0.29) is 6.04 Å². The van der Waals surface area contributed by atoms with Crippen LogP contribution in [0.5, 0.6) is 0 Å². The summed E-state index contributed by atoms with van der Waals surface area (Å²) in [6.07, 6.45) is 6.31. The summed E-state index contributed by atoms with van der Waals surface area (Å²) in [7, 11) is 0. The van der Waals surface area contributed by atoms with E-state index in [1.54, 1.807) is 0 Å². The fourth-order valence-corrected chi connectivity index (χ4v) is 1.37. The minimum atomic E-state index is 0.251. The van der Waals surface area contributed by atoms with Crippen molar-refractivity contribution in [3.8, 4) is 0 Å². The van der Waals surface area contributed by atoms with Crippen LogP contribution in [0.1, 0.15) is 32.6 Å². The zero-order valence-electron chi connectivity index (χ0n) is 7.14. The highest BCUT2D eigenvalue weighted by molar-refractivity contribution is 5.03. The van der Waals surface area contributed by atoms with Gasteiger partial charge in [-0.2, -0.15) is 0 Å². The SMILES string of the molecule is CCCC=C(O)[C@@H]1CCCN1. The summed E-state index contributed by atoms with van der Waals surface area (Å²) >= 11 is 0. The normalized spacial score (nSPS) is 25.9. The Morgan fingerprint density at radius 2 is 2.55 bits per heavy atom. The van der Waals surface area contributed by atoms with Crippen LogP contribution in [-0.2, 0) is 0 Å². The maximum atomic E-state index is 9.48. The highest BCUT2D eigenvalue weighted by atomic mass is 16.3. The molecule has 1 aliphatic rings. The topological polar surface area (TPSA) is 32.3 Å². The van der Waals surface area contributed by atoms with E-state index >= 15 is 0 Å². The van der Waals surface area contributed by atoms with Crippen molar-refractivity contribution in [2.45, 2.75) is 38.6 Å². The number of allylic oxidation sites excluding steroid dienone is 1. The van der Waals surface area contributed by atoms with Crippen LogP contribution in [0.4, 0.5) is 0 Å². The summed E-state index contributed by atoms with van der Waals surface area (Å²) in [6, 6.07) is 0.251. The standard InChI is InChI=1S/C9H17NO/c1-2-3-6-9(11)8-5-4-7-10-8/h6,8,10-11H,2-5,7H2,1H3/t8-/m0/s1. The van der Waals surface area contributed by atoms with Gasteiger partial charge in [0.05, 0.1) is 6.04 Å². The van der Waals surface area contributed by atoms with Gasteiger partial charge in [0.1, 0.15) is 5.76 Å². The number of aliphatic hydroxyl groups is 1. The van der Waals surface area contributed by atoms with Gasteiger partial charge in [-0.05, 0) is 31.9 Å². The Balaban J connectivity index is 2.32. The van der Waals surface area contributed by atoms with E-state index in [4.69, 9.17) is 0 Å². The second-order valence-electron chi connectivity index (χ2n) is 3.07. The van der Waals surface area contributed by atoms with Crippen LogP contribution in [0.3, 0.4) is 0 Å². The molecule has 1 saturated heterocycles. The molecule has 64 valence electrons. The number of unbranched alkanes of at least 4 members (excludes halogenated alkanes) is 1. The summed E-state index contributed by atoms with van der Waals surface area (Å²) in [4.78, 5) is 0. The number of aliphatic hydroxyl groups excluding tert-OH is 1. The molecule has 0 spiro atoms. The first-order valence-electron chi connectivity index (χ1n) is 4.47. The Morgan fingerprint density at radius 1 is 1.73 bits per heavy atom. The van der Waals surface area contributed by atoms with Gasteiger partial charge in [-0.25, -0.2) is 0 Å². The highest BCUT2D eigenvalue weighted by Gasteiger charge is 2.16. The van der Waals surface area contributed by atoms with Crippen molar-refractivity contribution in [3.63, 3.8) is 0 Å². The maximum absolute atomic E-state index is 9.48. The second kappa shape index (κ2) is 4.39. The minimum Gasteiger partial charge on any atom is -0.511 e. The van der Waals surface area contributed by atoms with Crippen molar-refractivity contribution >= 4 is 0 Å².